The van der Waals surface area contributed by atoms with Gasteiger partial charge in [-0.1, -0.05) is 129 Å². The van der Waals surface area contributed by atoms with Crippen molar-refractivity contribution in [1.82, 2.24) is 0 Å². The van der Waals surface area contributed by atoms with Gasteiger partial charge in [0, 0.05) is 0 Å². The van der Waals surface area contributed by atoms with E-state index in [2.05, 4.69) is 11.1 Å². The van der Waals surface area contributed by atoms with Crippen molar-refractivity contribution in [3.8, 4) is 0 Å². The molecule has 0 saturated heterocycles. The largest absolute Gasteiger partial charge is 0.466 e. The first-order valence-corrected chi connectivity index (χ1v) is 14.6. The van der Waals surface area contributed by atoms with Crippen molar-refractivity contribution in [2.24, 2.45) is 0 Å². The normalized spacial score (nSPS) is 11.7. The van der Waals surface area contributed by atoms with Crippen LogP contribution in [-0.2, 0) is 24.1 Å². The summed E-state index contributed by atoms with van der Waals surface area (Å²) < 4.78 is 38.2. The zero-order chi connectivity index (χ0) is 23.8. The molecule has 0 rings (SSSR count). The summed E-state index contributed by atoms with van der Waals surface area (Å²) in [6.45, 7) is 2.23. The van der Waals surface area contributed by atoms with Gasteiger partial charge in [-0.3, -0.25) is 9.35 Å². The van der Waals surface area contributed by atoms with Gasteiger partial charge in [-0.15, -0.1) is 0 Å². The second-order valence-electron chi connectivity index (χ2n) is 8.94. The van der Waals surface area contributed by atoms with Crippen molar-refractivity contribution in [3.63, 3.8) is 0 Å². The van der Waals surface area contributed by atoms with E-state index in [-0.39, 0.29) is 6.42 Å². The van der Waals surface area contributed by atoms with Gasteiger partial charge in [0.15, 0.2) is 0 Å². The lowest BCUT2D eigenvalue weighted by molar-refractivity contribution is -0.144. The molecule has 0 atom stereocenters. The minimum atomic E-state index is -4.48. The minimum Gasteiger partial charge on any atom is -0.466 e. The molecule has 0 fully saturated rings. The van der Waals surface area contributed by atoms with Crippen LogP contribution in [-0.4, -0.2) is 32.2 Å². The lowest BCUT2D eigenvalue weighted by Gasteiger charge is -2.05. The monoisotopic (exact) mass is 478 g/mol. The standard InChI is InChI=1S/C25H50O6S/c1-2-3-4-5-6-7-8-9-10-11-12-13-14-15-16-17-18-19-20-21-23-30-25(26)22-24-31-32(27,28)29/h2-24H2,1H3,(H,27,28,29). The highest BCUT2D eigenvalue weighted by molar-refractivity contribution is 7.80. The van der Waals surface area contributed by atoms with Gasteiger partial charge in [0.1, 0.15) is 0 Å². The molecular formula is C25H50O6S. The predicted octanol–water partition coefficient (Wildman–Crippen LogP) is 7.56. The minimum absolute atomic E-state index is 0.182. The zero-order valence-corrected chi connectivity index (χ0v) is 21.5. The second-order valence-corrected chi connectivity index (χ2v) is 10.0. The Labute approximate surface area is 198 Å². The van der Waals surface area contributed by atoms with Crippen LogP contribution in [0.5, 0.6) is 0 Å². The maximum atomic E-state index is 11.4. The molecule has 0 aromatic carbocycles. The molecule has 6 nitrogen and oxygen atoms in total. The summed E-state index contributed by atoms with van der Waals surface area (Å²) >= 11 is 0. The van der Waals surface area contributed by atoms with Crippen LogP contribution in [0.25, 0.3) is 0 Å². The summed E-state index contributed by atoms with van der Waals surface area (Å²) in [7, 11) is -4.48. The molecule has 0 aliphatic carbocycles. The summed E-state index contributed by atoms with van der Waals surface area (Å²) in [4.78, 5) is 11.4. The fourth-order valence-corrected chi connectivity index (χ4v) is 4.14. The highest BCUT2D eigenvalue weighted by Crippen LogP contribution is 2.14. The summed E-state index contributed by atoms with van der Waals surface area (Å²) in [5.41, 5.74) is 0. The molecule has 0 heterocycles. The SMILES string of the molecule is CCCCCCCCCCCCCCCCCCCCCCOC(=O)CCOS(=O)(=O)O. The molecule has 0 radical (unpaired) electrons. The smallest absolute Gasteiger partial charge is 0.397 e. The van der Waals surface area contributed by atoms with Crippen LogP contribution in [0.3, 0.4) is 0 Å². The third-order valence-electron chi connectivity index (χ3n) is 5.80. The molecule has 0 saturated carbocycles. The van der Waals surface area contributed by atoms with E-state index in [0.29, 0.717) is 6.61 Å². The van der Waals surface area contributed by atoms with Crippen LogP contribution < -0.4 is 0 Å². The molecule has 0 unspecified atom stereocenters. The Morgan fingerprint density at radius 1 is 0.594 bits per heavy atom. The fraction of sp³-hybridized carbons (Fsp3) is 0.960. The molecule has 0 aliphatic rings. The van der Waals surface area contributed by atoms with Crippen molar-refractivity contribution in [2.75, 3.05) is 13.2 Å². The van der Waals surface area contributed by atoms with E-state index in [1.54, 1.807) is 0 Å². The number of hydrogen-bond donors (Lipinski definition) is 1. The first-order chi connectivity index (χ1) is 15.5. The lowest BCUT2D eigenvalue weighted by Crippen LogP contribution is -2.12. The summed E-state index contributed by atoms with van der Waals surface area (Å²) in [6, 6.07) is 0. The molecule has 1 N–H and O–H groups in total. The van der Waals surface area contributed by atoms with E-state index in [4.69, 9.17) is 9.29 Å². The van der Waals surface area contributed by atoms with Gasteiger partial charge >= 0.3 is 16.4 Å². The van der Waals surface area contributed by atoms with E-state index in [1.807, 2.05) is 0 Å². The third-order valence-corrected chi connectivity index (χ3v) is 6.26. The Kier molecular flexibility index (Phi) is 23.0. The summed E-state index contributed by atoms with van der Waals surface area (Å²) in [5, 5.41) is 0. The zero-order valence-electron chi connectivity index (χ0n) is 20.7. The molecule has 0 aliphatic heterocycles. The summed E-state index contributed by atoms with van der Waals surface area (Å²) in [6.07, 6.45) is 26.3. The quantitative estimate of drug-likeness (QED) is 0.0827. The number of carbonyl (C=O) groups excluding carboxylic acids is 1. The number of hydrogen-bond acceptors (Lipinski definition) is 5. The van der Waals surface area contributed by atoms with Crippen molar-refractivity contribution in [2.45, 2.75) is 142 Å². The van der Waals surface area contributed by atoms with Crippen LogP contribution in [0.15, 0.2) is 0 Å². The van der Waals surface area contributed by atoms with Crippen LogP contribution >= 0.6 is 0 Å². The van der Waals surface area contributed by atoms with Crippen molar-refractivity contribution >= 4 is 16.4 Å². The van der Waals surface area contributed by atoms with Crippen molar-refractivity contribution in [3.05, 3.63) is 0 Å². The predicted molar refractivity (Wildman–Crippen MR) is 131 cm³/mol. The van der Waals surface area contributed by atoms with Crippen molar-refractivity contribution < 1.29 is 26.7 Å². The maximum Gasteiger partial charge on any atom is 0.397 e. The lowest BCUT2D eigenvalue weighted by atomic mass is 10.0. The summed E-state index contributed by atoms with van der Waals surface area (Å²) in [5.74, 6) is -0.508. The fourth-order valence-electron chi connectivity index (χ4n) is 3.85. The number of unbranched alkanes of at least 4 members (excludes halogenated alkanes) is 19. The van der Waals surface area contributed by atoms with Gasteiger partial charge in [0.25, 0.3) is 0 Å². The Morgan fingerprint density at radius 3 is 1.28 bits per heavy atom. The van der Waals surface area contributed by atoms with Gasteiger partial charge in [-0.2, -0.15) is 8.42 Å². The Bertz CT molecular complexity index is 507. The van der Waals surface area contributed by atoms with Gasteiger partial charge < -0.3 is 4.74 Å². The topological polar surface area (TPSA) is 89.9 Å². The number of rotatable bonds is 25. The van der Waals surface area contributed by atoms with Crippen molar-refractivity contribution in [1.29, 1.82) is 0 Å². The van der Waals surface area contributed by atoms with E-state index in [1.165, 1.54) is 109 Å². The average molecular weight is 479 g/mol. The van der Waals surface area contributed by atoms with Crippen LogP contribution in [0.1, 0.15) is 142 Å². The second kappa shape index (κ2) is 23.5. The average Bonchev–Trinajstić information content (AvgIpc) is 2.74. The molecule has 32 heavy (non-hydrogen) atoms. The molecule has 0 bridgehead atoms. The molecule has 0 spiro atoms. The molecular weight excluding hydrogens is 428 g/mol. The molecule has 192 valence electrons. The Hall–Kier alpha value is -0.660. The first kappa shape index (κ1) is 31.3. The Balaban J connectivity index is 3.14. The number of ether oxygens (including phenoxy) is 1. The van der Waals surface area contributed by atoms with E-state index in [0.717, 1.165) is 19.3 Å². The number of esters is 1. The van der Waals surface area contributed by atoms with Gasteiger partial charge in [0.2, 0.25) is 0 Å². The third kappa shape index (κ3) is 27.4. The highest BCUT2D eigenvalue weighted by atomic mass is 32.3. The Morgan fingerprint density at radius 2 is 0.938 bits per heavy atom. The van der Waals surface area contributed by atoms with Crippen LogP contribution in [0.2, 0.25) is 0 Å². The van der Waals surface area contributed by atoms with E-state index in [9.17, 15) is 13.2 Å². The highest BCUT2D eigenvalue weighted by Gasteiger charge is 2.08. The molecule has 7 heteroatoms. The van der Waals surface area contributed by atoms with Crippen LogP contribution in [0.4, 0.5) is 0 Å². The van der Waals surface area contributed by atoms with Gasteiger partial charge in [0.05, 0.1) is 19.6 Å². The van der Waals surface area contributed by atoms with Crippen LogP contribution in [0, 0.1) is 0 Å². The molecule has 0 aromatic heterocycles. The van der Waals surface area contributed by atoms with E-state index >= 15 is 0 Å². The molecule has 0 aromatic rings. The van der Waals surface area contributed by atoms with Gasteiger partial charge in [-0.05, 0) is 6.42 Å². The van der Waals surface area contributed by atoms with Gasteiger partial charge in [-0.25, -0.2) is 4.18 Å². The van der Waals surface area contributed by atoms with E-state index < -0.39 is 23.0 Å². The number of carbonyl (C=O) groups is 1. The molecule has 0 amide bonds. The maximum absolute atomic E-state index is 11.4. The first-order valence-electron chi connectivity index (χ1n) is 13.2.